The third-order valence-electron chi connectivity index (χ3n) is 7.75. The Labute approximate surface area is 210 Å². The molecule has 2 aliphatic carbocycles. The second-order valence-corrected chi connectivity index (χ2v) is 10.1. The first-order valence-electron chi connectivity index (χ1n) is 12.9. The first-order chi connectivity index (χ1) is 17.5. The number of nitrogens with zero attached hydrogens (tertiary/aromatic N) is 5. The minimum Gasteiger partial charge on any atom is -0.344 e. The Bertz CT molecular complexity index is 1250. The van der Waals surface area contributed by atoms with Gasteiger partial charge in [0.1, 0.15) is 17.3 Å². The van der Waals surface area contributed by atoms with Crippen molar-refractivity contribution in [1.29, 1.82) is 10.7 Å². The lowest BCUT2D eigenvalue weighted by Crippen LogP contribution is -2.51. The summed E-state index contributed by atoms with van der Waals surface area (Å²) in [5.41, 5.74) is 3.03. The van der Waals surface area contributed by atoms with Gasteiger partial charge in [-0.25, -0.2) is 9.97 Å². The number of rotatable bonds is 6. The van der Waals surface area contributed by atoms with Crippen LogP contribution in [0.5, 0.6) is 0 Å². The van der Waals surface area contributed by atoms with E-state index < -0.39 is 6.04 Å². The van der Waals surface area contributed by atoms with Gasteiger partial charge in [-0.2, -0.15) is 5.26 Å². The van der Waals surface area contributed by atoms with E-state index >= 15 is 0 Å². The highest BCUT2D eigenvalue weighted by molar-refractivity contribution is 6.14. The van der Waals surface area contributed by atoms with Gasteiger partial charge in [-0.1, -0.05) is 6.42 Å². The quantitative estimate of drug-likeness (QED) is 0.534. The van der Waals surface area contributed by atoms with Crippen molar-refractivity contribution in [3.8, 4) is 6.07 Å². The monoisotopic (exact) mass is 488 g/mol. The average molecular weight is 489 g/mol. The van der Waals surface area contributed by atoms with E-state index in [9.17, 15) is 9.59 Å². The molecule has 2 aromatic rings. The Kier molecular flexibility index (Phi) is 6.81. The standard InChI is InChI=1S/C26H32N8O2/c1-29-19-5-3-2-4-17(19)21(28)20-14-31-24-23(32-20)18(13-30-24)25(35)33-22(16-6-7-16)26(36)34-10-8-15(12-27)9-11-34/h13-17,22,28H,2-11H2,1H3,(H,30,31)(H,33,35). The van der Waals surface area contributed by atoms with Crippen molar-refractivity contribution in [1.82, 2.24) is 25.2 Å². The highest BCUT2D eigenvalue weighted by Gasteiger charge is 2.40. The van der Waals surface area contributed by atoms with Crippen molar-refractivity contribution in [3.05, 3.63) is 23.7 Å². The van der Waals surface area contributed by atoms with Crippen LogP contribution in [0.2, 0.25) is 0 Å². The smallest absolute Gasteiger partial charge is 0.255 e. The summed E-state index contributed by atoms with van der Waals surface area (Å²) >= 11 is 0. The third kappa shape index (κ3) is 4.74. The van der Waals surface area contributed by atoms with Crippen molar-refractivity contribution < 1.29 is 9.59 Å². The van der Waals surface area contributed by atoms with Crippen LogP contribution in [0.3, 0.4) is 0 Å². The van der Waals surface area contributed by atoms with Crippen molar-refractivity contribution >= 4 is 34.4 Å². The minimum absolute atomic E-state index is 0.00553. The molecule has 2 aromatic heterocycles. The van der Waals surface area contributed by atoms with Crippen LogP contribution in [0.25, 0.3) is 11.2 Å². The van der Waals surface area contributed by atoms with E-state index in [4.69, 9.17) is 10.7 Å². The molecule has 36 heavy (non-hydrogen) atoms. The fraction of sp³-hybridized carbons (Fsp3) is 0.577. The molecule has 2 saturated carbocycles. The van der Waals surface area contributed by atoms with Gasteiger partial charge in [-0.05, 0) is 50.9 Å². The molecule has 3 aliphatic rings. The SMILES string of the molecule is CN=C1CCCCC1C(=N)c1cnc2[nH]cc(C(=O)NC(C(=O)N3CCC(C#N)CC3)C3CC3)c2n1. The molecule has 3 fully saturated rings. The van der Waals surface area contributed by atoms with Crippen LogP contribution in [0.15, 0.2) is 17.4 Å². The van der Waals surface area contributed by atoms with E-state index in [1.165, 1.54) is 0 Å². The molecule has 2 amide bonds. The number of nitrogens with one attached hydrogen (secondary N) is 3. The number of nitriles is 1. The van der Waals surface area contributed by atoms with Crippen LogP contribution in [-0.4, -0.2) is 69.3 Å². The lowest BCUT2D eigenvalue weighted by Gasteiger charge is -2.32. The summed E-state index contributed by atoms with van der Waals surface area (Å²) in [5.74, 6) is -0.389. The molecule has 0 aromatic carbocycles. The van der Waals surface area contributed by atoms with Gasteiger partial charge >= 0.3 is 0 Å². The van der Waals surface area contributed by atoms with Crippen molar-refractivity contribution in [2.24, 2.45) is 22.7 Å². The second-order valence-electron chi connectivity index (χ2n) is 10.1. The number of likely N-dealkylation sites (tertiary alicyclic amines) is 1. The molecule has 1 saturated heterocycles. The fourth-order valence-electron chi connectivity index (χ4n) is 5.40. The van der Waals surface area contributed by atoms with E-state index in [0.717, 1.165) is 44.2 Å². The minimum atomic E-state index is -0.582. The van der Waals surface area contributed by atoms with Gasteiger partial charge in [-0.3, -0.25) is 14.6 Å². The molecule has 3 heterocycles. The summed E-state index contributed by atoms with van der Waals surface area (Å²) < 4.78 is 0. The molecule has 3 N–H and O–H groups in total. The Morgan fingerprint density at radius 2 is 2.03 bits per heavy atom. The number of hydrogen-bond acceptors (Lipinski definition) is 7. The summed E-state index contributed by atoms with van der Waals surface area (Å²) in [4.78, 5) is 44.9. The summed E-state index contributed by atoms with van der Waals surface area (Å²) in [7, 11) is 1.77. The number of piperidine rings is 1. The first-order valence-corrected chi connectivity index (χ1v) is 12.9. The Morgan fingerprint density at radius 1 is 1.25 bits per heavy atom. The summed E-state index contributed by atoms with van der Waals surface area (Å²) in [6.45, 7) is 1.09. The normalized spacial score (nSPS) is 22.8. The van der Waals surface area contributed by atoms with Gasteiger partial charge in [0.2, 0.25) is 5.91 Å². The van der Waals surface area contributed by atoms with Crippen LogP contribution < -0.4 is 5.32 Å². The molecule has 1 aliphatic heterocycles. The van der Waals surface area contributed by atoms with E-state index in [-0.39, 0.29) is 29.6 Å². The van der Waals surface area contributed by atoms with Crippen molar-refractivity contribution in [2.75, 3.05) is 20.1 Å². The van der Waals surface area contributed by atoms with Crippen LogP contribution in [0.4, 0.5) is 0 Å². The molecule has 2 atom stereocenters. The maximum Gasteiger partial charge on any atom is 0.255 e. The predicted octanol–water partition coefficient (Wildman–Crippen LogP) is 2.86. The van der Waals surface area contributed by atoms with Crippen molar-refractivity contribution in [3.63, 3.8) is 0 Å². The largest absolute Gasteiger partial charge is 0.344 e. The maximum atomic E-state index is 13.3. The maximum absolute atomic E-state index is 13.3. The van der Waals surface area contributed by atoms with Crippen molar-refractivity contribution in [2.45, 2.75) is 57.4 Å². The number of aromatic nitrogens is 3. The van der Waals surface area contributed by atoms with Gasteiger partial charge in [0.05, 0.1) is 23.5 Å². The second kappa shape index (κ2) is 10.2. The number of carbonyl (C=O) groups is 2. The van der Waals surface area contributed by atoms with E-state index in [1.807, 2.05) is 0 Å². The van der Waals surface area contributed by atoms with E-state index in [1.54, 1.807) is 24.3 Å². The number of fused-ring (bicyclic) bond motifs is 1. The average Bonchev–Trinajstić information content (AvgIpc) is 3.68. The van der Waals surface area contributed by atoms with E-state index in [2.05, 4.69) is 31.3 Å². The number of aliphatic imine (C=N–C) groups is 1. The Balaban J connectivity index is 1.34. The molecule has 10 nitrogen and oxygen atoms in total. The zero-order valence-corrected chi connectivity index (χ0v) is 20.6. The number of H-pyrrole nitrogens is 1. The summed E-state index contributed by atoms with van der Waals surface area (Å²) in [5, 5.41) is 20.9. The fourth-order valence-corrected chi connectivity index (χ4v) is 5.40. The van der Waals surface area contributed by atoms with Crippen LogP contribution in [-0.2, 0) is 4.79 Å². The van der Waals surface area contributed by atoms with Gasteiger partial charge in [0.15, 0.2) is 5.65 Å². The third-order valence-corrected chi connectivity index (χ3v) is 7.75. The van der Waals surface area contributed by atoms with Crippen LogP contribution >= 0.6 is 0 Å². The molecular weight excluding hydrogens is 456 g/mol. The van der Waals surface area contributed by atoms with Gasteiger partial charge in [-0.15, -0.1) is 0 Å². The predicted molar refractivity (Wildman–Crippen MR) is 135 cm³/mol. The first kappa shape index (κ1) is 24.1. The van der Waals surface area contributed by atoms with Gasteiger partial charge < -0.3 is 20.6 Å². The van der Waals surface area contributed by atoms with Gasteiger partial charge in [0, 0.05) is 43.9 Å². The number of hydrogen-bond donors (Lipinski definition) is 3. The topological polar surface area (TPSA) is 151 Å². The van der Waals surface area contributed by atoms with E-state index in [0.29, 0.717) is 54.1 Å². The number of amides is 2. The Hall–Kier alpha value is -3.61. The molecular formula is C26H32N8O2. The molecule has 0 spiro atoms. The lowest BCUT2D eigenvalue weighted by atomic mass is 9.83. The van der Waals surface area contributed by atoms with Crippen LogP contribution in [0.1, 0.15) is 67.4 Å². The molecule has 0 radical (unpaired) electrons. The van der Waals surface area contributed by atoms with Gasteiger partial charge in [0.25, 0.3) is 5.91 Å². The zero-order valence-electron chi connectivity index (χ0n) is 20.6. The molecule has 5 rings (SSSR count). The molecule has 2 unspecified atom stereocenters. The van der Waals surface area contributed by atoms with Crippen LogP contribution in [0, 0.1) is 34.5 Å². The molecule has 188 valence electrons. The summed E-state index contributed by atoms with van der Waals surface area (Å²) in [6, 6.07) is 1.71. The highest BCUT2D eigenvalue weighted by Crippen LogP contribution is 2.34. The zero-order chi connectivity index (χ0) is 25.2. The lowest BCUT2D eigenvalue weighted by molar-refractivity contribution is -0.135. The number of carbonyl (C=O) groups excluding carboxylic acids is 2. The Morgan fingerprint density at radius 3 is 2.72 bits per heavy atom. The summed E-state index contributed by atoms with van der Waals surface area (Å²) in [6.07, 6.45) is 10.2. The highest BCUT2D eigenvalue weighted by atomic mass is 16.2. The molecule has 0 bridgehead atoms. The number of aromatic amines is 1. The molecule has 10 heteroatoms.